The van der Waals surface area contributed by atoms with Gasteiger partial charge in [-0.25, -0.2) is 0 Å². The first-order valence-corrected chi connectivity index (χ1v) is 21.6. The van der Waals surface area contributed by atoms with E-state index in [2.05, 4.69) is 102 Å². The summed E-state index contributed by atoms with van der Waals surface area (Å²) in [6.07, 6.45) is 24.0. The molecule has 0 aliphatic carbocycles. The van der Waals surface area contributed by atoms with Crippen molar-refractivity contribution in [2.75, 3.05) is 0 Å². The van der Waals surface area contributed by atoms with Crippen LogP contribution in [-0.4, -0.2) is 5.11 Å². The molecule has 0 unspecified atom stereocenters. The van der Waals surface area contributed by atoms with Gasteiger partial charge in [-0.3, -0.25) is 0 Å². The van der Waals surface area contributed by atoms with E-state index in [4.69, 9.17) is 0 Å². The van der Waals surface area contributed by atoms with Crippen LogP contribution in [0.5, 0.6) is 5.75 Å². The van der Waals surface area contributed by atoms with Gasteiger partial charge < -0.3 is 5.11 Å². The van der Waals surface area contributed by atoms with Crippen LogP contribution in [0.25, 0.3) is 0 Å². The van der Waals surface area contributed by atoms with Gasteiger partial charge in [-0.2, -0.15) is 0 Å². The third-order valence-electron chi connectivity index (χ3n) is 11.5. The molecule has 52 heavy (non-hydrogen) atoms. The molecule has 0 aliphatic heterocycles. The van der Waals surface area contributed by atoms with Crippen LogP contribution >= 0.6 is 0 Å². The Kier molecular flexibility index (Phi) is 18.1. The van der Waals surface area contributed by atoms with Crippen molar-refractivity contribution in [3.05, 3.63) is 133 Å². The molecule has 282 valence electrons. The summed E-state index contributed by atoms with van der Waals surface area (Å²) in [5.41, 5.74) is 17.5. The van der Waals surface area contributed by atoms with E-state index >= 15 is 0 Å². The third kappa shape index (κ3) is 11.6. The van der Waals surface area contributed by atoms with Crippen LogP contribution in [0, 0.1) is 0 Å². The maximum Gasteiger partial charge on any atom is 0.119 e. The molecule has 4 aromatic carbocycles. The van der Waals surface area contributed by atoms with Crippen LogP contribution in [0.4, 0.5) is 0 Å². The molecule has 0 saturated carbocycles. The van der Waals surface area contributed by atoms with Crippen molar-refractivity contribution in [1.29, 1.82) is 0 Å². The molecule has 0 aliphatic rings. The largest absolute Gasteiger partial charge is 0.508 e. The van der Waals surface area contributed by atoms with Crippen LogP contribution in [0.2, 0.25) is 0 Å². The van der Waals surface area contributed by atoms with Crippen LogP contribution < -0.4 is 0 Å². The first kappa shape index (κ1) is 41.4. The number of rotatable bonds is 24. The fourth-order valence-corrected chi connectivity index (χ4v) is 8.29. The predicted molar refractivity (Wildman–Crippen MR) is 228 cm³/mol. The number of hydrogen-bond donors (Lipinski definition) is 1. The fourth-order valence-electron chi connectivity index (χ4n) is 8.29. The summed E-state index contributed by atoms with van der Waals surface area (Å²) in [6.45, 7) is 13.8. The molecule has 0 atom stereocenters. The summed E-state index contributed by atoms with van der Waals surface area (Å²) >= 11 is 0. The highest BCUT2D eigenvalue weighted by molar-refractivity contribution is 5.53. The molecule has 1 nitrogen and oxygen atoms in total. The van der Waals surface area contributed by atoms with Gasteiger partial charge in [0, 0.05) is 12.0 Å². The van der Waals surface area contributed by atoms with Crippen molar-refractivity contribution in [1.82, 2.24) is 0 Å². The zero-order valence-electron chi connectivity index (χ0n) is 34.1. The molecule has 0 radical (unpaired) electrons. The molecule has 4 aromatic rings. The van der Waals surface area contributed by atoms with Gasteiger partial charge in [-0.05, 0) is 157 Å². The van der Waals surface area contributed by atoms with Crippen LogP contribution in [0.1, 0.15) is 185 Å². The summed E-state index contributed by atoms with van der Waals surface area (Å²) < 4.78 is 0. The zero-order chi connectivity index (χ0) is 37.1. The maximum absolute atomic E-state index is 11.9. The number of aryl methyl sites for hydroxylation is 3. The van der Waals surface area contributed by atoms with Gasteiger partial charge in [0.2, 0.25) is 0 Å². The number of benzene rings is 4. The highest BCUT2D eigenvalue weighted by atomic mass is 16.3. The molecule has 0 bridgehead atoms. The Bertz CT molecular complexity index is 1640. The van der Waals surface area contributed by atoms with Crippen LogP contribution in [0.15, 0.2) is 66.7 Å². The van der Waals surface area contributed by atoms with E-state index in [1.54, 1.807) is 16.7 Å². The van der Waals surface area contributed by atoms with E-state index in [1.807, 2.05) is 6.07 Å². The van der Waals surface area contributed by atoms with E-state index in [9.17, 15) is 5.11 Å². The van der Waals surface area contributed by atoms with E-state index in [0.29, 0.717) is 5.75 Å². The lowest BCUT2D eigenvalue weighted by molar-refractivity contribution is 0.468. The second-order valence-corrected chi connectivity index (χ2v) is 15.5. The average molecular weight is 701 g/mol. The molecule has 0 spiro atoms. The minimum Gasteiger partial charge on any atom is -0.508 e. The number of phenolic OH excluding ortho intramolecular Hbond substituents is 1. The van der Waals surface area contributed by atoms with E-state index in [0.717, 1.165) is 63.4 Å². The Morgan fingerprint density at radius 1 is 0.308 bits per heavy atom. The van der Waals surface area contributed by atoms with Crippen LogP contribution in [-0.2, 0) is 57.8 Å². The van der Waals surface area contributed by atoms with E-state index in [1.165, 1.54) is 122 Å². The molecular formula is C51H72O. The molecule has 0 aromatic heterocycles. The Morgan fingerprint density at radius 3 is 1.00 bits per heavy atom. The molecule has 0 amide bonds. The minimum absolute atomic E-state index is 0.458. The second kappa shape index (κ2) is 22.7. The van der Waals surface area contributed by atoms with Crippen molar-refractivity contribution >= 4 is 0 Å². The summed E-state index contributed by atoms with van der Waals surface area (Å²) in [5.74, 6) is 0.458. The van der Waals surface area contributed by atoms with Crippen LogP contribution in [0.3, 0.4) is 0 Å². The topological polar surface area (TPSA) is 20.2 Å². The van der Waals surface area contributed by atoms with Crippen molar-refractivity contribution < 1.29 is 5.11 Å². The van der Waals surface area contributed by atoms with Gasteiger partial charge >= 0.3 is 0 Å². The first-order valence-electron chi connectivity index (χ1n) is 21.6. The second-order valence-electron chi connectivity index (χ2n) is 15.5. The summed E-state index contributed by atoms with van der Waals surface area (Å²) in [5, 5.41) is 11.9. The summed E-state index contributed by atoms with van der Waals surface area (Å²) in [6, 6.07) is 25.5. The van der Waals surface area contributed by atoms with Gasteiger partial charge in [0.15, 0.2) is 0 Å². The van der Waals surface area contributed by atoms with Gasteiger partial charge in [-0.15, -0.1) is 0 Å². The number of hydrogen-bond acceptors (Lipinski definition) is 1. The first-order chi connectivity index (χ1) is 25.5. The minimum atomic E-state index is 0.458. The molecule has 1 heteroatoms. The molecule has 0 heterocycles. The van der Waals surface area contributed by atoms with Gasteiger partial charge in [0.05, 0.1) is 0 Å². The Labute approximate surface area is 319 Å². The molecule has 0 fully saturated rings. The normalized spacial score (nSPS) is 11.4. The molecule has 4 rings (SSSR count). The van der Waals surface area contributed by atoms with Gasteiger partial charge in [-0.1, -0.05) is 141 Å². The summed E-state index contributed by atoms with van der Waals surface area (Å²) in [7, 11) is 0. The smallest absolute Gasteiger partial charge is 0.119 e. The Morgan fingerprint density at radius 2 is 0.615 bits per heavy atom. The Balaban J connectivity index is 1.91. The summed E-state index contributed by atoms with van der Waals surface area (Å²) in [4.78, 5) is 0. The lowest BCUT2D eigenvalue weighted by Gasteiger charge is -2.23. The highest BCUT2D eigenvalue weighted by Gasteiger charge is 2.20. The highest BCUT2D eigenvalue weighted by Crippen LogP contribution is 2.35. The third-order valence-corrected chi connectivity index (χ3v) is 11.5. The molecule has 1 N–H and O–H groups in total. The average Bonchev–Trinajstić information content (AvgIpc) is 3.16. The maximum atomic E-state index is 11.9. The number of unbranched alkanes of at least 4 members (excludes halogenated alkanes) is 6. The monoisotopic (exact) mass is 701 g/mol. The molecular weight excluding hydrogens is 629 g/mol. The van der Waals surface area contributed by atoms with Gasteiger partial charge in [0.1, 0.15) is 5.75 Å². The van der Waals surface area contributed by atoms with E-state index in [-0.39, 0.29) is 0 Å². The fraction of sp³-hybridized carbons (Fsp3) is 0.529. The lowest BCUT2D eigenvalue weighted by atomic mass is 9.82. The number of phenols is 1. The quantitative estimate of drug-likeness (QED) is 0.0771. The molecule has 0 saturated heterocycles. The Hall–Kier alpha value is -3.32. The zero-order valence-corrected chi connectivity index (χ0v) is 34.1. The SMILES string of the molecule is CCCCc1cccc(Cc2ccc(O)c(Cc3cccc(CCCC)c3CCCC)c2Cc2cccc(CCCC)c2CCCC)c1CCCC. The van der Waals surface area contributed by atoms with Crippen molar-refractivity contribution in [2.24, 2.45) is 0 Å². The number of aromatic hydroxyl groups is 1. The van der Waals surface area contributed by atoms with Gasteiger partial charge in [0.25, 0.3) is 0 Å². The van der Waals surface area contributed by atoms with Crippen molar-refractivity contribution in [2.45, 2.75) is 176 Å². The predicted octanol–water partition coefficient (Wildman–Crippen LogP) is 14.2. The van der Waals surface area contributed by atoms with Crippen molar-refractivity contribution in [3.63, 3.8) is 0 Å². The van der Waals surface area contributed by atoms with E-state index < -0.39 is 0 Å². The van der Waals surface area contributed by atoms with Crippen molar-refractivity contribution in [3.8, 4) is 5.75 Å². The lowest BCUT2D eigenvalue weighted by Crippen LogP contribution is -2.10. The standard InChI is InChI=1S/C51H72O/c1-7-13-22-39-25-19-28-42(46(39)31-16-10-4)36-45-34-35-51(52)50(38-44-30-21-27-41(24-15-9-3)48(44)33-18-12-6)49(45)37-43-29-20-26-40(23-14-8-2)47(43)32-17-11-5/h19-21,25-30,34-35,52H,7-18,22-24,31-33,36-38H2,1-6H3.